The first-order valence-electron chi connectivity index (χ1n) is 6.45. The summed E-state index contributed by atoms with van der Waals surface area (Å²) in [6.07, 6.45) is -0.0695. The van der Waals surface area contributed by atoms with Crippen molar-refractivity contribution in [1.82, 2.24) is 0 Å². The Bertz CT molecular complexity index is 465. The van der Waals surface area contributed by atoms with E-state index in [2.05, 4.69) is 0 Å². The van der Waals surface area contributed by atoms with Crippen molar-refractivity contribution in [1.29, 1.82) is 0 Å². The van der Waals surface area contributed by atoms with Gasteiger partial charge in [0.2, 0.25) is 0 Å². The Kier molecular flexibility index (Phi) is 3.67. The van der Waals surface area contributed by atoms with Gasteiger partial charge in [-0.05, 0) is 57.9 Å². The van der Waals surface area contributed by atoms with Crippen LogP contribution in [0.1, 0.15) is 45.8 Å². The Labute approximate surface area is 118 Å². The summed E-state index contributed by atoms with van der Waals surface area (Å²) >= 11 is 5.85. The van der Waals surface area contributed by atoms with Gasteiger partial charge in [0.1, 0.15) is 5.82 Å². The molecule has 19 heavy (non-hydrogen) atoms. The van der Waals surface area contributed by atoms with Crippen molar-refractivity contribution in [3.05, 3.63) is 34.6 Å². The van der Waals surface area contributed by atoms with Crippen LogP contribution in [-0.2, 0) is 4.74 Å². The molecule has 1 aliphatic rings. The zero-order valence-corrected chi connectivity index (χ0v) is 12.5. The monoisotopic (exact) mass is 286 g/mol. The van der Waals surface area contributed by atoms with Crippen LogP contribution in [0.25, 0.3) is 0 Å². The molecular weight excluding hydrogens is 267 g/mol. The lowest BCUT2D eigenvalue weighted by atomic mass is 9.80. The summed E-state index contributed by atoms with van der Waals surface area (Å²) in [5, 5.41) is 10.8. The van der Waals surface area contributed by atoms with Crippen LogP contribution < -0.4 is 0 Å². The molecule has 106 valence electrons. The van der Waals surface area contributed by atoms with Crippen molar-refractivity contribution in [3.63, 3.8) is 0 Å². The van der Waals surface area contributed by atoms with Gasteiger partial charge in [0.25, 0.3) is 0 Å². The zero-order valence-electron chi connectivity index (χ0n) is 11.7. The van der Waals surface area contributed by atoms with Crippen LogP contribution >= 0.6 is 11.6 Å². The first kappa shape index (κ1) is 14.8. The Morgan fingerprint density at radius 1 is 1.32 bits per heavy atom. The molecule has 0 radical (unpaired) electrons. The molecule has 0 saturated carbocycles. The Morgan fingerprint density at radius 2 is 1.95 bits per heavy atom. The highest BCUT2D eigenvalue weighted by molar-refractivity contribution is 6.30. The van der Waals surface area contributed by atoms with Gasteiger partial charge >= 0.3 is 0 Å². The average molecular weight is 287 g/mol. The minimum Gasteiger partial charge on any atom is -0.388 e. The normalized spacial score (nSPS) is 26.4. The third-order valence-electron chi connectivity index (χ3n) is 3.75. The number of aliphatic hydroxyl groups is 1. The number of aliphatic hydroxyl groups excluding tert-OH is 1. The van der Waals surface area contributed by atoms with Crippen LogP contribution in [0.15, 0.2) is 18.2 Å². The maximum Gasteiger partial charge on any atom is 0.125 e. The van der Waals surface area contributed by atoms with Crippen LogP contribution in [0.2, 0.25) is 5.02 Å². The zero-order chi connectivity index (χ0) is 14.4. The molecule has 0 amide bonds. The SMILES string of the molecule is CC1(C)CC(C(O)c2cc(F)cc(Cl)c2)C(C)(C)O1. The third kappa shape index (κ3) is 3.10. The van der Waals surface area contributed by atoms with Crippen molar-refractivity contribution in [3.8, 4) is 0 Å². The molecular formula is C15H20ClFO2. The molecule has 1 aliphatic heterocycles. The number of halogens is 2. The first-order valence-corrected chi connectivity index (χ1v) is 6.83. The topological polar surface area (TPSA) is 29.5 Å². The molecule has 1 aromatic carbocycles. The predicted octanol–water partition coefficient (Wildman–Crippen LogP) is 4.11. The smallest absolute Gasteiger partial charge is 0.125 e. The van der Waals surface area contributed by atoms with Gasteiger partial charge in [-0.3, -0.25) is 0 Å². The molecule has 4 heteroatoms. The molecule has 1 aromatic rings. The maximum atomic E-state index is 13.4. The van der Waals surface area contributed by atoms with Gasteiger partial charge in [0, 0.05) is 10.9 Å². The van der Waals surface area contributed by atoms with Gasteiger partial charge < -0.3 is 9.84 Å². The van der Waals surface area contributed by atoms with Crippen molar-refractivity contribution >= 4 is 11.6 Å². The molecule has 0 spiro atoms. The van der Waals surface area contributed by atoms with Gasteiger partial charge in [-0.15, -0.1) is 0 Å². The summed E-state index contributed by atoms with van der Waals surface area (Å²) in [5.41, 5.74) is -0.238. The summed E-state index contributed by atoms with van der Waals surface area (Å²) in [7, 11) is 0. The first-order chi connectivity index (χ1) is 8.61. The Morgan fingerprint density at radius 3 is 2.42 bits per heavy atom. The number of benzene rings is 1. The van der Waals surface area contributed by atoms with Gasteiger partial charge in [0.15, 0.2) is 0 Å². The summed E-state index contributed by atoms with van der Waals surface area (Å²) in [6, 6.07) is 4.17. The minimum atomic E-state index is -0.787. The number of hydrogen-bond donors (Lipinski definition) is 1. The molecule has 2 atom stereocenters. The lowest BCUT2D eigenvalue weighted by Gasteiger charge is -2.30. The lowest BCUT2D eigenvalue weighted by molar-refractivity contribution is -0.0880. The standard InChI is InChI=1S/C15H20ClFO2/c1-14(2)8-12(15(3,4)19-14)13(18)9-5-10(16)7-11(17)6-9/h5-7,12-13,18H,8H2,1-4H3. The molecule has 0 aromatic heterocycles. The molecule has 0 aliphatic carbocycles. The van der Waals surface area contributed by atoms with Crippen LogP contribution in [0.5, 0.6) is 0 Å². The molecule has 2 nitrogen and oxygen atoms in total. The molecule has 1 N–H and O–H groups in total. The second-order valence-electron chi connectivity index (χ2n) is 6.42. The van der Waals surface area contributed by atoms with Gasteiger partial charge in [-0.2, -0.15) is 0 Å². The lowest BCUT2D eigenvalue weighted by Crippen LogP contribution is -2.32. The van der Waals surface area contributed by atoms with Crippen molar-refractivity contribution in [2.45, 2.75) is 51.4 Å². The van der Waals surface area contributed by atoms with Gasteiger partial charge in [0.05, 0.1) is 17.3 Å². The average Bonchev–Trinajstić information content (AvgIpc) is 2.44. The van der Waals surface area contributed by atoms with Crippen LogP contribution in [0.3, 0.4) is 0 Å². The molecule has 2 unspecified atom stereocenters. The second kappa shape index (κ2) is 4.72. The highest BCUT2D eigenvalue weighted by Crippen LogP contribution is 2.47. The number of hydrogen-bond acceptors (Lipinski definition) is 2. The van der Waals surface area contributed by atoms with E-state index in [1.807, 2.05) is 27.7 Å². The van der Waals surface area contributed by atoms with E-state index in [0.717, 1.165) is 6.42 Å². The molecule has 2 rings (SSSR count). The minimum absolute atomic E-state index is 0.0969. The van der Waals surface area contributed by atoms with Crippen molar-refractivity contribution < 1.29 is 14.2 Å². The van der Waals surface area contributed by atoms with Gasteiger partial charge in [-0.25, -0.2) is 4.39 Å². The van der Waals surface area contributed by atoms with E-state index in [4.69, 9.17) is 16.3 Å². The van der Waals surface area contributed by atoms with E-state index < -0.39 is 17.5 Å². The number of ether oxygens (including phenoxy) is 1. The quantitative estimate of drug-likeness (QED) is 0.887. The maximum absolute atomic E-state index is 13.4. The number of rotatable bonds is 2. The van der Waals surface area contributed by atoms with Crippen molar-refractivity contribution in [2.75, 3.05) is 0 Å². The Balaban J connectivity index is 2.31. The molecule has 1 heterocycles. The van der Waals surface area contributed by atoms with Crippen LogP contribution in [0, 0.1) is 11.7 Å². The van der Waals surface area contributed by atoms with Crippen LogP contribution in [0.4, 0.5) is 4.39 Å². The molecule has 0 bridgehead atoms. The second-order valence-corrected chi connectivity index (χ2v) is 6.86. The van der Waals surface area contributed by atoms with Crippen LogP contribution in [-0.4, -0.2) is 16.3 Å². The highest BCUT2D eigenvalue weighted by Gasteiger charge is 2.49. The largest absolute Gasteiger partial charge is 0.388 e. The summed E-state index contributed by atoms with van der Waals surface area (Å²) in [4.78, 5) is 0. The predicted molar refractivity (Wildman–Crippen MR) is 73.7 cm³/mol. The van der Waals surface area contributed by atoms with Gasteiger partial charge in [-0.1, -0.05) is 11.6 Å². The van der Waals surface area contributed by atoms with E-state index in [0.29, 0.717) is 10.6 Å². The van der Waals surface area contributed by atoms with E-state index in [1.54, 1.807) is 6.07 Å². The van der Waals surface area contributed by atoms with E-state index in [-0.39, 0.29) is 11.5 Å². The third-order valence-corrected chi connectivity index (χ3v) is 3.97. The van der Waals surface area contributed by atoms with E-state index in [1.165, 1.54) is 12.1 Å². The Hall–Kier alpha value is -0.640. The molecule has 1 saturated heterocycles. The van der Waals surface area contributed by atoms with E-state index in [9.17, 15) is 9.50 Å². The fourth-order valence-electron chi connectivity index (χ4n) is 3.07. The highest BCUT2D eigenvalue weighted by atomic mass is 35.5. The fourth-order valence-corrected chi connectivity index (χ4v) is 3.31. The van der Waals surface area contributed by atoms with Crippen molar-refractivity contribution in [2.24, 2.45) is 5.92 Å². The summed E-state index contributed by atoms with van der Waals surface area (Å²) < 4.78 is 19.4. The van der Waals surface area contributed by atoms with E-state index >= 15 is 0 Å². The summed E-state index contributed by atoms with van der Waals surface area (Å²) in [6.45, 7) is 7.91. The summed E-state index contributed by atoms with van der Waals surface area (Å²) in [5.74, 6) is -0.530. The molecule has 1 fully saturated rings. The fraction of sp³-hybridized carbons (Fsp3) is 0.600.